The van der Waals surface area contributed by atoms with Crippen LogP contribution in [0.25, 0.3) is 11.0 Å². The van der Waals surface area contributed by atoms with E-state index in [0.29, 0.717) is 17.6 Å². The normalized spacial score (nSPS) is 25.6. The van der Waals surface area contributed by atoms with Crippen molar-refractivity contribution in [3.63, 3.8) is 0 Å². The standard InChI is InChI=1S/C12H15N5O3/c13-12-16-10-8(11(20)17-12)5(4-15-10)3-14-6-1-2-7(18)9(6)19/h1-2,4,6-7,9,14,18-19H,3H2,(H4,13,15,16,17,20)/t6?,7-,9?/m1/s1. The number of aliphatic hydroxyl groups excluding tert-OH is 2. The minimum Gasteiger partial charge on any atom is -0.388 e. The highest BCUT2D eigenvalue weighted by Gasteiger charge is 2.27. The molecule has 0 saturated carbocycles. The Balaban J connectivity index is 1.82. The smallest absolute Gasteiger partial charge is 0.262 e. The molecule has 0 aromatic carbocycles. The third kappa shape index (κ3) is 2.09. The second-order valence-corrected chi connectivity index (χ2v) is 4.76. The molecule has 2 aromatic heterocycles. The van der Waals surface area contributed by atoms with Crippen molar-refractivity contribution in [1.29, 1.82) is 0 Å². The van der Waals surface area contributed by atoms with E-state index in [0.717, 1.165) is 5.56 Å². The number of hydrogen-bond donors (Lipinski definition) is 6. The first kappa shape index (κ1) is 12.9. The molecule has 0 radical (unpaired) electrons. The Morgan fingerprint density at radius 1 is 1.40 bits per heavy atom. The van der Waals surface area contributed by atoms with E-state index in [1.165, 1.54) is 6.08 Å². The highest BCUT2D eigenvalue weighted by Crippen LogP contribution is 2.15. The minimum atomic E-state index is -0.882. The Morgan fingerprint density at radius 2 is 2.20 bits per heavy atom. The molecule has 0 fully saturated rings. The van der Waals surface area contributed by atoms with Crippen LogP contribution < -0.4 is 16.6 Å². The van der Waals surface area contributed by atoms with Gasteiger partial charge in [-0.15, -0.1) is 0 Å². The second kappa shape index (κ2) is 4.75. The van der Waals surface area contributed by atoms with Crippen molar-refractivity contribution >= 4 is 17.0 Å². The van der Waals surface area contributed by atoms with Crippen molar-refractivity contribution < 1.29 is 10.2 Å². The van der Waals surface area contributed by atoms with Crippen LogP contribution in [0.3, 0.4) is 0 Å². The molecule has 0 spiro atoms. The lowest BCUT2D eigenvalue weighted by atomic mass is 10.1. The Labute approximate surface area is 113 Å². The van der Waals surface area contributed by atoms with Gasteiger partial charge in [-0.1, -0.05) is 12.2 Å². The quantitative estimate of drug-likeness (QED) is 0.381. The number of H-pyrrole nitrogens is 2. The number of rotatable bonds is 3. The van der Waals surface area contributed by atoms with Crippen LogP contribution in [0.15, 0.2) is 23.1 Å². The zero-order valence-corrected chi connectivity index (χ0v) is 10.5. The molecule has 0 bridgehead atoms. The van der Waals surface area contributed by atoms with Gasteiger partial charge in [0.15, 0.2) is 0 Å². The molecule has 2 aromatic rings. The topological polar surface area (TPSA) is 140 Å². The minimum absolute atomic E-state index is 0.0566. The van der Waals surface area contributed by atoms with Crippen LogP contribution in [0, 0.1) is 0 Å². The van der Waals surface area contributed by atoms with Gasteiger partial charge >= 0.3 is 0 Å². The van der Waals surface area contributed by atoms with Gasteiger partial charge in [-0.2, -0.15) is 4.98 Å². The average molecular weight is 277 g/mol. The maximum atomic E-state index is 11.9. The molecule has 20 heavy (non-hydrogen) atoms. The number of fused-ring (bicyclic) bond motifs is 1. The molecule has 1 aliphatic rings. The fraction of sp³-hybridized carbons (Fsp3) is 0.333. The van der Waals surface area contributed by atoms with Crippen molar-refractivity contribution in [2.75, 3.05) is 5.73 Å². The molecule has 1 aliphatic carbocycles. The number of nitrogen functional groups attached to an aromatic ring is 1. The highest BCUT2D eigenvalue weighted by molar-refractivity contribution is 5.79. The predicted octanol–water partition coefficient (Wildman–Crippen LogP) is -1.42. The monoisotopic (exact) mass is 277 g/mol. The Kier molecular flexibility index (Phi) is 3.05. The number of anilines is 1. The van der Waals surface area contributed by atoms with Crippen LogP contribution in [0.2, 0.25) is 0 Å². The molecular formula is C12H15N5O3. The van der Waals surface area contributed by atoms with Gasteiger partial charge in [0.2, 0.25) is 5.95 Å². The number of nitrogens with zero attached hydrogens (tertiary/aromatic N) is 1. The summed E-state index contributed by atoms with van der Waals surface area (Å²) in [6, 6.07) is -0.351. The van der Waals surface area contributed by atoms with Crippen LogP contribution in [0.4, 0.5) is 5.95 Å². The highest BCUT2D eigenvalue weighted by atomic mass is 16.3. The van der Waals surface area contributed by atoms with Crippen LogP contribution in [-0.2, 0) is 6.54 Å². The summed E-state index contributed by atoms with van der Waals surface area (Å²) >= 11 is 0. The van der Waals surface area contributed by atoms with Gasteiger partial charge < -0.3 is 26.2 Å². The number of aliphatic hydroxyl groups is 2. The number of nitrogens with one attached hydrogen (secondary N) is 3. The van der Waals surface area contributed by atoms with Crippen LogP contribution in [0.1, 0.15) is 5.56 Å². The lowest BCUT2D eigenvalue weighted by Gasteiger charge is -2.17. The van der Waals surface area contributed by atoms with E-state index in [9.17, 15) is 15.0 Å². The van der Waals surface area contributed by atoms with Crippen LogP contribution in [-0.4, -0.2) is 43.4 Å². The summed E-state index contributed by atoms with van der Waals surface area (Å²) in [4.78, 5) is 21.2. The third-order valence-corrected chi connectivity index (χ3v) is 3.40. The van der Waals surface area contributed by atoms with E-state index in [2.05, 4.69) is 20.3 Å². The fourth-order valence-electron chi connectivity index (χ4n) is 2.35. The van der Waals surface area contributed by atoms with Crippen molar-refractivity contribution in [1.82, 2.24) is 20.3 Å². The molecular weight excluding hydrogens is 262 g/mol. The molecule has 3 rings (SSSR count). The first-order chi connectivity index (χ1) is 9.56. The molecule has 106 valence electrons. The Bertz CT molecular complexity index is 719. The summed E-state index contributed by atoms with van der Waals surface area (Å²) in [6.45, 7) is 0.355. The summed E-state index contributed by atoms with van der Waals surface area (Å²) < 4.78 is 0. The number of nitrogens with two attached hydrogens (primary N) is 1. The first-order valence-electron chi connectivity index (χ1n) is 6.20. The first-order valence-corrected chi connectivity index (χ1v) is 6.20. The van der Waals surface area contributed by atoms with Gasteiger partial charge in [0.05, 0.1) is 17.5 Å². The van der Waals surface area contributed by atoms with Gasteiger partial charge in [-0.05, 0) is 5.56 Å². The summed E-state index contributed by atoms with van der Waals surface area (Å²) in [7, 11) is 0. The van der Waals surface area contributed by atoms with Gasteiger partial charge in [0.25, 0.3) is 5.56 Å². The molecule has 0 saturated heterocycles. The van der Waals surface area contributed by atoms with E-state index >= 15 is 0 Å². The maximum Gasteiger partial charge on any atom is 0.262 e. The Morgan fingerprint density at radius 3 is 2.90 bits per heavy atom. The van der Waals surface area contributed by atoms with Crippen LogP contribution in [0.5, 0.6) is 0 Å². The van der Waals surface area contributed by atoms with E-state index in [-0.39, 0.29) is 17.5 Å². The largest absolute Gasteiger partial charge is 0.388 e. The number of aromatic amines is 2. The van der Waals surface area contributed by atoms with E-state index < -0.39 is 12.2 Å². The summed E-state index contributed by atoms with van der Waals surface area (Å²) in [5, 5.41) is 22.6. The van der Waals surface area contributed by atoms with E-state index in [4.69, 9.17) is 5.73 Å². The zero-order chi connectivity index (χ0) is 14.3. The van der Waals surface area contributed by atoms with Gasteiger partial charge in [-0.3, -0.25) is 9.78 Å². The van der Waals surface area contributed by atoms with E-state index in [1.807, 2.05) is 0 Å². The molecule has 2 heterocycles. The predicted molar refractivity (Wildman–Crippen MR) is 72.9 cm³/mol. The van der Waals surface area contributed by atoms with Gasteiger partial charge in [0, 0.05) is 12.7 Å². The molecule has 0 aliphatic heterocycles. The van der Waals surface area contributed by atoms with Crippen LogP contribution >= 0.6 is 0 Å². The van der Waals surface area contributed by atoms with Crippen molar-refractivity contribution in [3.05, 3.63) is 34.3 Å². The number of aromatic nitrogens is 3. The van der Waals surface area contributed by atoms with E-state index in [1.54, 1.807) is 12.3 Å². The van der Waals surface area contributed by atoms with Crippen molar-refractivity contribution in [2.45, 2.75) is 24.8 Å². The van der Waals surface area contributed by atoms with Crippen molar-refractivity contribution in [3.8, 4) is 0 Å². The zero-order valence-electron chi connectivity index (χ0n) is 10.5. The van der Waals surface area contributed by atoms with Gasteiger partial charge in [0.1, 0.15) is 11.8 Å². The third-order valence-electron chi connectivity index (χ3n) is 3.40. The molecule has 7 N–H and O–H groups in total. The summed E-state index contributed by atoms with van der Waals surface area (Å²) in [5.41, 5.74) is 6.30. The maximum absolute atomic E-state index is 11.9. The molecule has 8 heteroatoms. The fourth-order valence-corrected chi connectivity index (χ4v) is 2.35. The summed E-state index contributed by atoms with van der Waals surface area (Å²) in [5.74, 6) is 0.0566. The lowest BCUT2D eigenvalue weighted by molar-refractivity contribution is 0.0441. The SMILES string of the molecule is Nc1nc2[nH]cc(CNC3C=C[C@@H](O)C3O)c2c(=O)[nH]1. The Hall–Kier alpha value is -2.16. The second-order valence-electron chi connectivity index (χ2n) is 4.76. The molecule has 3 atom stereocenters. The van der Waals surface area contributed by atoms with Gasteiger partial charge in [-0.25, -0.2) is 0 Å². The number of hydrogen-bond acceptors (Lipinski definition) is 6. The average Bonchev–Trinajstić information content (AvgIpc) is 2.93. The molecule has 8 nitrogen and oxygen atoms in total. The summed E-state index contributed by atoms with van der Waals surface area (Å²) in [6.07, 6.45) is 3.16. The molecule has 2 unspecified atom stereocenters. The lowest BCUT2D eigenvalue weighted by Crippen LogP contribution is -2.40. The van der Waals surface area contributed by atoms with Crippen molar-refractivity contribution in [2.24, 2.45) is 0 Å². The molecule has 0 amide bonds.